The van der Waals surface area contributed by atoms with Gasteiger partial charge in [0, 0.05) is 12.6 Å². The van der Waals surface area contributed by atoms with Gasteiger partial charge in [-0.1, -0.05) is 30.3 Å². The molecule has 0 spiro atoms. The van der Waals surface area contributed by atoms with Gasteiger partial charge in [0.2, 0.25) is 0 Å². The van der Waals surface area contributed by atoms with Crippen LogP contribution in [0.5, 0.6) is 11.5 Å². The van der Waals surface area contributed by atoms with E-state index >= 15 is 0 Å². The lowest BCUT2D eigenvalue weighted by Gasteiger charge is -2.26. The normalized spacial score (nSPS) is 16.8. The van der Waals surface area contributed by atoms with E-state index in [-0.39, 0.29) is 5.75 Å². The van der Waals surface area contributed by atoms with Crippen LogP contribution in [0.2, 0.25) is 0 Å². The highest BCUT2D eigenvalue weighted by molar-refractivity contribution is 5.43. The molecule has 3 rings (SSSR count). The quantitative estimate of drug-likeness (QED) is 0.846. The topological polar surface area (TPSA) is 30.5 Å². The summed E-state index contributed by atoms with van der Waals surface area (Å²) in [7, 11) is 1.45. The second-order valence-corrected chi connectivity index (χ2v) is 5.89. The van der Waals surface area contributed by atoms with Crippen molar-refractivity contribution in [1.29, 1.82) is 0 Å². The fourth-order valence-electron chi connectivity index (χ4n) is 3.22. The van der Waals surface area contributed by atoms with Crippen molar-refractivity contribution in [3.63, 3.8) is 0 Å². The van der Waals surface area contributed by atoms with E-state index in [1.54, 1.807) is 12.1 Å². The first kappa shape index (κ1) is 16.7. The van der Waals surface area contributed by atoms with Gasteiger partial charge < -0.3 is 14.8 Å². The molecule has 1 N–H and O–H groups in total. The highest BCUT2D eigenvalue weighted by atomic mass is 19.3. The number of aryl methyl sites for hydroxylation is 1. The zero-order chi connectivity index (χ0) is 16.9. The van der Waals surface area contributed by atoms with Crippen LogP contribution < -0.4 is 14.8 Å². The molecule has 3 nitrogen and oxygen atoms in total. The monoisotopic (exact) mass is 333 g/mol. The summed E-state index contributed by atoms with van der Waals surface area (Å²) in [4.78, 5) is 0. The lowest BCUT2D eigenvalue weighted by atomic mass is 9.87. The summed E-state index contributed by atoms with van der Waals surface area (Å²) in [5, 5.41) is 3.56. The number of hydrogen-bond acceptors (Lipinski definition) is 3. The van der Waals surface area contributed by atoms with Crippen LogP contribution in [0.1, 0.15) is 35.6 Å². The van der Waals surface area contributed by atoms with E-state index in [2.05, 4.69) is 34.3 Å². The van der Waals surface area contributed by atoms with Gasteiger partial charge in [0.05, 0.1) is 7.11 Å². The first-order valence-electron chi connectivity index (χ1n) is 8.10. The van der Waals surface area contributed by atoms with Crippen molar-refractivity contribution < 1.29 is 18.3 Å². The molecule has 1 aliphatic carbocycles. The Morgan fingerprint density at radius 2 is 2.00 bits per heavy atom. The van der Waals surface area contributed by atoms with Crippen molar-refractivity contribution in [2.75, 3.05) is 7.11 Å². The summed E-state index contributed by atoms with van der Waals surface area (Å²) in [6.07, 6.45) is 3.39. The summed E-state index contributed by atoms with van der Waals surface area (Å²) >= 11 is 0. The summed E-state index contributed by atoms with van der Waals surface area (Å²) in [6.45, 7) is -2.22. The van der Waals surface area contributed by atoms with Crippen molar-refractivity contribution in [1.82, 2.24) is 5.32 Å². The third kappa shape index (κ3) is 3.85. The minimum atomic E-state index is -2.86. The van der Waals surface area contributed by atoms with Crippen molar-refractivity contribution in [3.8, 4) is 11.5 Å². The Morgan fingerprint density at radius 1 is 1.17 bits per heavy atom. The number of halogens is 2. The van der Waals surface area contributed by atoms with Crippen LogP contribution in [-0.4, -0.2) is 13.7 Å². The zero-order valence-electron chi connectivity index (χ0n) is 13.6. The van der Waals surface area contributed by atoms with Crippen LogP contribution in [0.3, 0.4) is 0 Å². The Hall–Kier alpha value is -2.14. The van der Waals surface area contributed by atoms with Crippen LogP contribution in [0.15, 0.2) is 42.5 Å². The molecule has 0 fully saturated rings. The SMILES string of the molecule is COc1cc(CNC2CCCc3ccccc32)ccc1OC(F)F. The average molecular weight is 333 g/mol. The van der Waals surface area contributed by atoms with E-state index in [9.17, 15) is 8.78 Å². The fourth-order valence-corrected chi connectivity index (χ4v) is 3.22. The highest BCUT2D eigenvalue weighted by Gasteiger charge is 2.19. The van der Waals surface area contributed by atoms with Crippen LogP contribution in [0.4, 0.5) is 8.78 Å². The molecule has 0 bridgehead atoms. The van der Waals surface area contributed by atoms with Gasteiger partial charge in [-0.3, -0.25) is 0 Å². The number of rotatable bonds is 6. The average Bonchev–Trinajstić information content (AvgIpc) is 2.60. The molecule has 0 aromatic heterocycles. The summed E-state index contributed by atoms with van der Waals surface area (Å²) in [5.41, 5.74) is 3.73. The second-order valence-electron chi connectivity index (χ2n) is 5.89. The predicted octanol–water partition coefficient (Wildman–Crippen LogP) is 4.46. The number of benzene rings is 2. The Bertz CT molecular complexity index is 691. The van der Waals surface area contributed by atoms with Crippen LogP contribution in [0.25, 0.3) is 0 Å². The van der Waals surface area contributed by atoms with E-state index in [0.29, 0.717) is 18.3 Å². The van der Waals surface area contributed by atoms with Gasteiger partial charge in [-0.2, -0.15) is 8.78 Å². The van der Waals surface area contributed by atoms with Gasteiger partial charge in [-0.05, 0) is 48.1 Å². The Labute approximate surface area is 140 Å². The van der Waals surface area contributed by atoms with Gasteiger partial charge in [0.25, 0.3) is 0 Å². The van der Waals surface area contributed by atoms with E-state index < -0.39 is 6.61 Å². The Kier molecular flexibility index (Phi) is 5.30. The van der Waals surface area contributed by atoms with E-state index in [0.717, 1.165) is 18.4 Å². The van der Waals surface area contributed by atoms with Gasteiger partial charge in [0.1, 0.15) is 0 Å². The molecule has 2 aromatic rings. The zero-order valence-corrected chi connectivity index (χ0v) is 13.6. The molecular weight excluding hydrogens is 312 g/mol. The summed E-state index contributed by atoms with van der Waals surface area (Å²) < 4.78 is 34.4. The van der Waals surface area contributed by atoms with Crippen LogP contribution in [-0.2, 0) is 13.0 Å². The number of nitrogens with one attached hydrogen (secondary N) is 1. The third-order valence-electron chi connectivity index (χ3n) is 4.37. The number of hydrogen-bond donors (Lipinski definition) is 1. The van der Waals surface area contributed by atoms with Gasteiger partial charge in [-0.15, -0.1) is 0 Å². The second kappa shape index (κ2) is 7.62. The molecule has 5 heteroatoms. The molecule has 0 heterocycles. The van der Waals surface area contributed by atoms with Gasteiger partial charge in [-0.25, -0.2) is 0 Å². The molecule has 24 heavy (non-hydrogen) atoms. The molecule has 2 aromatic carbocycles. The molecule has 1 atom stereocenters. The molecule has 128 valence electrons. The molecular formula is C19H21F2NO2. The molecule has 0 radical (unpaired) electrons. The molecule has 0 aliphatic heterocycles. The van der Waals surface area contributed by atoms with Crippen molar-refractivity contribution >= 4 is 0 Å². The lowest BCUT2D eigenvalue weighted by Crippen LogP contribution is -2.24. The number of ether oxygens (including phenoxy) is 2. The molecule has 1 unspecified atom stereocenters. The van der Waals surface area contributed by atoms with Crippen molar-refractivity contribution in [2.45, 2.75) is 38.5 Å². The standard InChI is InChI=1S/C19H21F2NO2/c1-23-18-11-13(9-10-17(18)24-19(20)21)12-22-16-8-4-6-14-5-2-3-7-15(14)16/h2-3,5,7,9-11,16,19,22H,4,6,8,12H2,1H3. The van der Waals surface area contributed by atoms with Gasteiger partial charge in [0.15, 0.2) is 11.5 Å². The number of alkyl halides is 2. The minimum Gasteiger partial charge on any atom is -0.493 e. The van der Waals surface area contributed by atoms with Crippen LogP contribution in [0, 0.1) is 0 Å². The maximum absolute atomic E-state index is 12.4. The Morgan fingerprint density at radius 3 is 2.79 bits per heavy atom. The molecule has 1 aliphatic rings. The summed E-state index contributed by atoms with van der Waals surface area (Å²) in [5.74, 6) is 0.373. The smallest absolute Gasteiger partial charge is 0.387 e. The molecule has 0 amide bonds. The minimum absolute atomic E-state index is 0.0549. The van der Waals surface area contributed by atoms with Crippen molar-refractivity contribution in [3.05, 3.63) is 59.2 Å². The number of fused-ring (bicyclic) bond motifs is 1. The lowest BCUT2D eigenvalue weighted by molar-refractivity contribution is -0.0512. The first-order valence-corrected chi connectivity index (χ1v) is 8.10. The maximum Gasteiger partial charge on any atom is 0.387 e. The summed E-state index contributed by atoms with van der Waals surface area (Å²) in [6, 6.07) is 13.9. The molecule has 0 saturated carbocycles. The fraction of sp³-hybridized carbons (Fsp3) is 0.368. The van der Waals surface area contributed by atoms with Crippen molar-refractivity contribution in [2.24, 2.45) is 0 Å². The van der Waals surface area contributed by atoms with Crippen LogP contribution >= 0.6 is 0 Å². The maximum atomic E-state index is 12.4. The third-order valence-corrected chi connectivity index (χ3v) is 4.37. The predicted molar refractivity (Wildman–Crippen MR) is 88.6 cm³/mol. The van der Waals surface area contributed by atoms with E-state index in [4.69, 9.17) is 4.74 Å². The Balaban J connectivity index is 1.69. The first-order chi connectivity index (χ1) is 11.7. The largest absolute Gasteiger partial charge is 0.493 e. The molecule has 0 saturated heterocycles. The van der Waals surface area contributed by atoms with E-state index in [1.807, 2.05) is 0 Å². The van der Waals surface area contributed by atoms with E-state index in [1.165, 1.54) is 30.7 Å². The highest BCUT2D eigenvalue weighted by Crippen LogP contribution is 2.31. The number of methoxy groups -OCH3 is 1. The van der Waals surface area contributed by atoms with Gasteiger partial charge >= 0.3 is 6.61 Å².